The second-order valence-corrected chi connectivity index (χ2v) is 5.17. The molecule has 1 amide bonds. The SMILES string of the molecule is N#Cc1ccc2c(c1)C(=Cc1c[nH]c3ccccc13)C(=O)N2. The van der Waals surface area contributed by atoms with Crippen molar-refractivity contribution in [1.82, 2.24) is 4.98 Å². The molecule has 4 rings (SSSR count). The summed E-state index contributed by atoms with van der Waals surface area (Å²) in [5.74, 6) is -0.143. The third kappa shape index (κ3) is 1.80. The fraction of sp³-hybridized carbons (Fsp3) is 0. The van der Waals surface area contributed by atoms with Crippen LogP contribution >= 0.6 is 0 Å². The normalized spacial score (nSPS) is 14.9. The van der Waals surface area contributed by atoms with Crippen molar-refractivity contribution in [3.05, 3.63) is 65.4 Å². The highest BCUT2D eigenvalue weighted by Crippen LogP contribution is 2.34. The number of H-pyrrole nitrogens is 1. The Bertz CT molecular complexity index is 989. The van der Waals surface area contributed by atoms with Crippen molar-refractivity contribution >= 4 is 34.1 Å². The maximum atomic E-state index is 12.2. The number of rotatable bonds is 1. The molecular weight excluding hydrogens is 274 g/mol. The predicted octanol–water partition coefficient (Wildman–Crippen LogP) is 3.53. The summed E-state index contributed by atoms with van der Waals surface area (Å²) in [6, 6.07) is 15.3. The molecule has 0 saturated heterocycles. The first-order valence-corrected chi connectivity index (χ1v) is 6.90. The Kier molecular flexibility index (Phi) is 2.60. The smallest absolute Gasteiger partial charge is 0.256 e. The lowest BCUT2D eigenvalue weighted by molar-refractivity contribution is -0.110. The highest BCUT2D eigenvalue weighted by Gasteiger charge is 2.24. The summed E-state index contributed by atoms with van der Waals surface area (Å²) >= 11 is 0. The number of hydrogen-bond donors (Lipinski definition) is 2. The number of carbonyl (C=O) groups excluding carboxylic acids is 1. The molecule has 0 aliphatic carbocycles. The maximum Gasteiger partial charge on any atom is 0.256 e. The molecule has 2 aromatic carbocycles. The van der Waals surface area contributed by atoms with Crippen LogP contribution in [-0.4, -0.2) is 10.9 Å². The number of nitrogens with one attached hydrogen (secondary N) is 2. The molecule has 0 spiro atoms. The Morgan fingerprint density at radius 1 is 1.14 bits per heavy atom. The second kappa shape index (κ2) is 4.61. The van der Waals surface area contributed by atoms with Gasteiger partial charge in [-0.25, -0.2) is 0 Å². The standard InChI is InChI=1S/C18H11N3O/c19-9-11-5-6-17-14(7-11)15(18(22)21-17)8-12-10-20-16-4-2-1-3-13(12)16/h1-8,10,20H,(H,21,22). The minimum atomic E-state index is -0.143. The molecule has 1 aliphatic rings. The number of aromatic nitrogens is 1. The van der Waals surface area contributed by atoms with Crippen molar-refractivity contribution in [2.24, 2.45) is 0 Å². The van der Waals surface area contributed by atoms with E-state index in [1.165, 1.54) is 0 Å². The molecule has 0 atom stereocenters. The van der Waals surface area contributed by atoms with Gasteiger partial charge in [-0.2, -0.15) is 5.26 Å². The molecule has 0 fully saturated rings. The molecule has 4 heteroatoms. The third-order valence-electron chi connectivity index (χ3n) is 3.85. The molecule has 0 radical (unpaired) electrons. The first-order valence-electron chi connectivity index (χ1n) is 6.90. The van der Waals surface area contributed by atoms with Gasteiger partial charge in [-0.1, -0.05) is 18.2 Å². The van der Waals surface area contributed by atoms with Crippen LogP contribution in [0, 0.1) is 11.3 Å². The number of amides is 1. The molecule has 0 saturated carbocycles. The summed E-state index contributed by atoms with van der Waals surface area (Å²) in [7, 11) is 0. The van der Waals surface area contributed by atoms with Gasteiger partial charge in [0.25, 0.3) is 5.91 Å². The van der Waals surface area contributed by atoms with E-state index in [-0.39, 0.29) is 5.91 Å². The molecule has 3 aromatic rings. The minimum Gasteiger partial charge on any atom is -0.361 e. The first-order chi connectivity index (χ1) is 10.8. The molecule has 104 valence electrons. The van der Waals surface area contributed by atoms with Crippen LogP contribution in [0.15, 0.2) is 48.7 Å². The maximum absolute atomic E-state index is 12.2. The number of anilines is 1. The number of carbonyl (C=O) groups is 1. The van der Waals surface area contributed by atoms with Gasteiger partial charge in [-0.3, -0.25) is 4.79 Å². The van der Waals surface area contributed by atoms with Crippen molar-refractivity contribution in [1.29, 1.82) is 5.26 Å². The van der Waals surface area contributed by atoms with Crippen LogP contribution in [0.3, 0.4) is 0 Å². The number of benzene rings is 2. The van der Waals surface area contributed by atoms with Crippen LogP contribution in [-0.2, 0) is 4.79 Å². The number of nitriles is 1. The zero-order valence-electron chi connectivity index (χ0n) is 11.6. The quantitative estimate of drug-likeness (QED) is 0.671. The fourth-order valence-corrected chi connectivity index (χ4v) is 2.77. The van der Waals surface area contributed by atoms with E-state index in [0.717, 1.165) is 27.7 Å². The largest absolute Gasteiger partial charge is 0.361 e. The van der Waals surface area contributed by atoms with E-state index in [1.807, 2.05) is 36.5 Å². The highest BCUT2D eigenvalue weighted by molar-refractivity contribution is 6.35. The van der Waals surface area contributed by atoms with Crippen molar-refractivity contribution in [3.8, 4) is 6.07 Å². The summed E-state index contributed by atoms with van der Waals surface area (Å²) in [4.78, 5) is 15.4. The lowest BCUT2D eigenvalue weighted by atomic mass is 10.0. The Labute approximate surface area is 126 Å². The van der Waals surface area contributed by atoms with E-state index in [2.05, 4.69) is 16.4 Å². The van der Waals surface area contributed by atoms with Crippen LogP contribution in [0.5, 0.6) is 0 Å². The van der Waals surface area contributed by atoms with E-state index in [4.69, 9.17) is 5.26 Å². The summed E-state index contributed by atoms with van der Waals surface area (Å²) in [5, 5.41) is 12.9. The molecule has 0 unspecified atom stereocenters. The monoisotopic (exact) mass is 285 g/mol. The van der Waals surface area contributed by atoms with Crippen LogP contribution < -0.4 is 5.32 Å². The number of fused-ring (bicyclic) bond motifs is 2. The fourth-order valence-electron chi connectivity index (χ4n) is 2.77. The molecular formula is C18H11N3O. The van der Waals surface area contributed by atoms with E-state index in [1.54, 1.807) is 18.2 Å². The molecule has 22 heavy (non-hydrogen) atoms. The predicted molar refractivity (Wildman–Crippen MR) is 86.0 cm³/mol. The van der Waals surface area contributed by atoms with Crippen molar-refractivity contribution < 1.29 is 4.79 Å². The molecule has 1 aromatic heterocycles. The summed E-state index contributed by atoms with van der Waals surface area (Å²) in [6.45, 7) is 0. The van der Waals surface area contributed by atoms with E-state index < -0.39 is 0 Å². The van der Waals surface area contributed by atoms with Crippen molar-refractivity contribution in [2.75, 3.05) is 5.32 Å². The van der Waals surface area contributed by atoms with Gasteiger partial charge < -0.3 is 10.3 Å². The Morgan fingerprint density at radius 3 is 2.86 bits per heavy atom. The van der Waals surface area contributed by atoms with Gasteiger partial charge in [0.1, 0.15) is 0 Å². The molecule has 0 bridgehead atoms. The Balaban J connectivity index is 1.90. The van der Waals surface area contributed by atoms with Crippen LogP contribution in [0.25, 0.3) is 22.6 Å². The number of nitrogens with zero attached hydrogens (tertiary/aromatic N) is 1. The van der Waals surface area contributed by atoms with E-state index in [0.29, 0.717) is 11.1 Å². The molecule has 2 heterocycles. The minimum absolute atomic E-state index is 0.143. The van der Waals surface area contributed by atoms with E-state index in [9.17, 15) is 4.79 Å². The van der Waals surface area contributed by atoms with Gasteiger partial charge in [-0.05, 0) is 30.3 Å². The molecule has 2 N–H and O–H groups in total. The van der Waals surface area contributed by atoms with Crippen molar-refractivity contribution in [2.45, 2.75) is 0 Å². The first kappa shape index (κ1) is 12.4. The van der Waals surface area contributed by atoms with Gasteiger partial charge >= 0.3 is 0 Å². The van der Waals surface area contributed by atoms with Gasteiger partial charge in [0.2, 0.25) is 0 Å². The number of aromatic amines is 1. The highest BCUT2D eigenvalue weighted by atomic mass is 16.2. The van der Waals surface area contributed by atoms with Gasteiger partial charge in [-0.15, -0.1) is 0 Å². The summed E-state index contributed by atoms with van der Waals surface area (Å²) in [5.41, 5.74) is 4.62. The van der Waals surface area contributed by atoms with Gasteiger partial charge in [0.15, 0.2) is 0 Å². The van der Waals surface area contributed by atoms with Gasteiger partial charge in [0.05, 0.1) is 11.6 Å². The van der Waals surface area contributed by atoms with Crippen LogP contribution in [0.1, 0.15) is 16.7 Å². The van der Waals surface area contributed by atoms with Crippen LogP contribution in [0.2, 0.25) is 0 Å². The van der Waals surface area contributed by atoms with E-state index >= 15 is 0 Å². The number of para-hydroxylation sites is 1. The molecule has 1 aliphatic heterocycles. The van der Waals surface area contributed by atoms with Crippen LogP contribution in [0.4, 0.5) is 5.69 Å². The Morgan fingerprint density at radius 2 is 2.00 bits per heavy atom. The van der Waals surface area contributed by atoms with Crippen molar-refractivity contribution in [3.63, 3.8) is 0 Å². The summed E-state index contributed by atoms with van der Waals surface area (Å²) < 4.78 is 0. The van der Waals surface area contributed by atoms with Gasteiger partial charge in [0, 0.05) is 39.5 Å². The zero-order valence-corrected chi connectivity index (χ0v) is 11.6. The second-order valence-electron chi connectivity index (χ2n) is 5.17. The lowest BCUT2D eigenvalue weighted by Crippen LogP contribution is -2.03. The average molecular weight is 285 g/mol. The third-order valence-corrected chi connectivity index (χ3v) is 3.85. The Hall–Kier alpha value is -3.32. The average Bonchev–Trinajstić information content (AvgIpc) is 3.09. The molecule has 4 nitrogen and oxygen atoms in total. The number of hydrogen-bond acceptors (Lipinski definition) is 2. The topological polar surface area (TPSA) is 68.7 Å². The lowest BCUT2D eigenvalue weighted by Gasteiger charge is -1.99. The summed E-state index contributed by atoms with van der Waals surface area (Å²) in [6.07, 6.45) is 3.75. The zero-order chi connectivity index (χ0) is 15.1.